The fourth-order valence-electron chi connectivity index (χ4n) is 4.75. The molecule has 1 N–H and O–H groups in total. The van der Waals surface area contributed by atoms with Gasteiger partial charge in [-0.25, -0.2) is 0 Å². The van der Waals surface area contributed by atoms with E-state index in [4.69, 9.17) is 4.74 Å². The Kier molecular flexibility index (Phi) is 6.53. The van der Waals surface area contributed by atoms with Gasteiger partial charge in [0.25, 0.3) is 11.8 Å². The van der Waals surface area contributed by atoms with Gasteiger partial charge in [0.2, 0.25) is 0 Å². The van der Waals surface area contributed by atoms with E-state index in [0.717, 1.165) is 24.3 Å². The van der Waals surface area contributed by atoms with Gasteiger partial charge in [-0.2, -0.15) is 0 Å². The highest BCUT2D eigenvalue weighted by Crippen LogP contribution is 2.36. The smallest absolute Gasteiger partial charge is 0.278 e. The fraction of sp³-hybridized carbons (Fsp3) is 0.241. The number of nitrogens with one attached hydrogen (secondary N) is 1. The van der Waals surface area contributed by atoms with Gasteiger partial charge < -0.3 is 15.0 Å². The van der Waals surface area contributed by atoms with E-state index in [2.05, 4.69) is 22.3 Å². The summed E-state index contributed by atoms with van der Waals surface area (Å²) in [6, 6.07) is 24.9. The van der Waals surface area contributed by atoms with E-state index < -0.39 is 0 Å². The highest BCUT2D eigenvalue weighted by atomic mass is 16.5. The Balaban J connectivity index is 1.48. The number of hydrogen-bond acceptors (Lipinski definition) is 5. The lowest BCUT2D eigenvalue weighted by molar-refractivity contribution is -0.137. The first-order valence-corrected chi connectivity index (χ1v) is 12.1. The van der Waals surface area contributed by atoms with Crippen LogP contribution in [-0.4, -0.2) is 36.9 Å². The lowest BCUT2D eigenvalue weighted by atomic mass is 10.0. The number of methoxy groups -OCH3 is 1. The molecule has 0 spiro atoms. The van der Waals surface area contributed by atoms with Gasteiger partial charge in [-0.15, -0.1) is 0 Å². The molecule has 35 heavy (non-hydrogen) atoms. The van der Waals surface area contributed by atoms with Crippen LogP contribution < -0.4 is 15.0 Å². The lowest BCUT2D eigenvalue weighted by Crippen LogP contribution is -2.32. The number of amides is 2. The molecule has 6 nitrogen and oxygen atoms in total. The number of piperidine rings is 1. The Morgan fingerprint density at radius 1 is 0.800 bits per heavy atom. The second-order valence-corrected chi connectivity index (χ2v) is 8.85. The van der Waals surface area contributed by atoms with E-state index in [-0.39, 0.29) is 24.1 Å². The van der Waals surface area contributed by atoms with Crippen LogP contribution in [0.4, 0.5) is 11.4 Å². The molecule has 6 heteroatoms. The molecule has 0 aliphatic carbocycles. The van der Waals surface area contributed by atoms with Crippen LogP contribution in [0.3, 0.4) is 0 Å². The van der Waals surface area contributed by atoms with Crippen molar-refractivity contribution in [2.24, 2.45) is 0 Å². The number of ether oxygens (including phenoxy) is 1. The molecule has 0 unspecified atom stereocenters. The van der Waals surface area contributed by atoms with E-state index in [1.165, 1.54) is 29.8 Å². The maximum atomic E-state index is 13.6. The van der Waals surface area contributed by atoms with Crippen molar-refractivity contribution in [2.75, 3.05) is 30.4 Å². The summed E-state index contributed by atoms with van der Waals surface area (Å²) in [5.74, 6) is -0.138. The lowest BCUT2D eigenvalue weighted by Gasteiger charge is -2.28. The first-order chi connectivity index (χ1) is 17.2. The molecule has 0 atom stereocenters. The molecule has 2 amide bonds. The number of carbonyl (C=O) groups excluding carboxylic acids is 2. The minimum atomic E-state index is -0.347. The van der Waals surface area contributed by atoms with Gasteiger partial charge in [-0.1, -0.05) is 48.5 Å². The van der Waals surface area contributed by atoms with Crippen LogP contribution in [0.25, 0.3) is 5.57 Å². The maximum Gasteiger partial charge on any atom is 0.278 e. The average molecular weight is 468 g/mol. The van der Waals surface area contributed by atoms with E-state index in [1.807, 2.05) is 60.7 Å². The molecule has 3 aromatic carbocycles. The first-order valence-electron chi connectivity index (χ1n) is 12.1. The number of para-hydroxylation sites is 1. The molecule has 0 aromatic heterocycles. The molecule has 1 fully saturated rings. The van der Waals surface area contributed by atoms with E-state index in [9.17, 15) is 9.59 Å². The molecule has 0 bridgehead atoms. The topological polar surface area (TPSA) is 61.9 Å². The molecule has 1 saturated heterocycles. The largest absolute Gasteiger partial charge is 0.496 e. The zero-order valence-corrected chi connectivity index (χ0v) is 19.9. The number of benzene rings is 3. The highest BCUT2D eigenvalue weighted by Gasteiger charge is 2.40. The number of anilines is 2. The Morgan fingerprint density at radius 2 is 1.49 bits per heavy atom. The molecule has 5 rings (SSSR count). The monoisotopic (exact) mass is 467 g/mol. The minimum absolute atomic E-state index is 0.205. The SMILES string of the molecule is COc1ccccc1C1=C(Nc2ccc(N3CCCCC3)cc2)C(=O)N(Cc2ccccc2)C1=O. The van der Waals surface area contributed by atoms with Gasteiger partial charge in [0.1, 0.15) is 11.4 Å². The summed E-state index contributed by atoms with van der Waals surface area (Å²) in [6.07, 6.45) is 3.71. The Hall–Kier alpha value is -4.06. The summed E-state index contributed by atoms with van der Waals surface area (Å²) in [7, 11) is 1.56. The normalized spacial score (nSPS) is 16.1. The van der Waals surface area contributed by atoms with Gasteiger partial charge in [0.15, 0.2) is 0 Å². The van der Waals surface area contributed by atoms with Gasteiger partial charge in [0.05, 0.1) is 19.2 Å². The molecule has 178 valence electrons. The molecule has 0 radical (unpaired) electrons. The third kappa shape index (κ3) is 4.64. The summed E-state index contributed by atoms with van der Waals surface area (Å²) in [5, 5.41) is 3.26. The predicted octanol–water partition coefficient (Wildman–Crippen LogP) is 5.08. The molecular formula is C29H29N3O3. The molecule has 0 saturated carbocycles. The quantitative estimate of drug-likeness (QED) is 0.491. The third-order valence-electron chi connectivity index (χ3n) is 6.59. The van der Waals surface area contributed by atoms with E-state index in [0.29, 0.717) is 16.9 Å². The Morgan fingerprint density at radius 3 is 2.20 bits per heavy atom. The second kappa shape index (κ2) is 10.1. The summed E-state index contributed by atoms with van der Waals surface area (Å²) in [5.41, 5.74) is 4.01. The number of hydrogen-bond donors (Lipinski definition) is 1. The first kappa shape index (κ1) is 22.7. The van der Waals surface area contributed by atoms with Crippen LogP contribution in [0.1, 0.15) is 30.4 Å². The van der Waals surface area contributed by atoms with Crippen molar-refractivity contribution in [2.45, 2.75) is 25.8 Å². The highest BCUT2D eigenvalue weighted by molar-refractivity contribution is 6.36. The van der Waals surface area contributed by atoms with Crippen molar-refractivity contribution in [3.63, 3.8) is 0 Å². The zero-order valence-electron chi connectivity index (χ0n) is 19.9. The third-order valence-corrected chi connectivity index (χ3v) is 6.59. The Bertz CT molecular complexity index is 1250. The fourth-order valence-corrected chi connectivity index (χ4v) is 4.75. The number of carbonyl (C=O) groups is 2. The van der Waals surface area contributed by atoms with Crippen LogP contribution >= 0.6 is 0 Å². The van der Waals surface area contributed by atoms with Crippen molar-refractivity contribution in [1.29, 1.82) is 0 Å². The van der Waals surface area contributed by atoms with Gasteiger partial charge in [0, 0.05) is 30.0 Å². The summed E-state index contributed by atoms with van der Waals surface area (Å²) in [4.78, 5) is 30.8. The van der Waals surface area contributed by atoms with Crippen LogP contribution in [-0.2, 0) is 16.1 Å². The summed E-state index contributed by atoms with van der Waals surface area (Å²) >= 11 is 0. The maximum absolute atomic E-state index is 13.6. The van der Waals surface area contributed by atoms with Gasteiger partial charge in [-0.3, -0.25) is 14.5 Å². The van der Waals surface area contributed by atoms with Crippen molar-refractivity contribution in [3.8, 4) is 5.75 Å². The van der Waals surface area contributed by atoms with Crippen molar-refractivity contribution >= 4 is 28.8 Å². The van der Waals surface area contributed by atoms with Gasteiger partial charge >= 0.3 is 0 Å². The van der Waals surface area contributed by atoms with E-state index >= 15 is 0 Å². The molecular weight excluding hydrogens is 438 g/mol. The van der Waals surface area contributed by atoms with Gasteiger partial charge in [-0.05, 0) is 55.2 Å². The molecule has 3 aromatic rings. The number of imide groups is 1. The second-order valence-electron chi connectivity index (χ2n) is 8.85. The van der Waals surface area contributed by atoms with E-state index in [1.54, 1.807) is 13.2 Å². The summed E-state index contributed by atoms with van der Waals surface area (Å²) in [6.45, 7) is 2.34. The number of nitrogens with zero attached hydrogens (tertiary/aromatic N) is 2. The van der Waals surface area contributed by atoms with Crippen molar-refractivity contribution in [1.82, 2.24) is 4.90 Å². The Labute approximate surface area is 205 Å². The van der Waals surface area contributed by atoms with Crippen LogP contribution in [0.15, 0.2) is 84.6 Å². The van der Waals surface area contributed by atoms with Crippen LogP contribution in [0.2, 0.25) is 0 Å². The summed E-state index contributed by atoms with van der Waals surface area (Å²) < 4.78 is 5.53. The molecule has 2 aliphatic rings. The molecule has 2 aliphatic heterocycles. The number of rotatable bonds is 7. The molecule has 2 heterocycles. The van der Waals surface area contributed by atoms with Crippen molar-refractivity contribution in [3.05, 3.63) is 95.7 Å². The minimum Gasteiger partial charge on any atom is -0.496 e. The zero-order chi connectivity index (χ0) is 24.2. The van der Waals surface area contributed by atoms with Crippen LogP contribution in [0, 0.1) is 0 Å². The van der Waals surface area contributed by atoms with Crippen molar-refractivity contribution < 1.29 is 14.3 Å². The average Bonchev–Trinajstić information content (AvgIpc) is 3.14. The standard InChI is InChI=1S/C29H29N3O3/c1-35-25-13-7-6-12-24(25)26-27(29(34)32(28(26)33)20-21-10-4-2-5-11-21)30-22-14-16-23(17-15-22)31-18-8-3-9-19-31/h2,4-7,10-17,30H,3,8-9,18-20H2,1H3. The van der Waals surface area contributed by atoms with Crippen LogP contribution in [0.5, 0.6) is 5.75 Å². The predicted molar refractivity (Wildman–Crippen MR) is 138 cm³/mol.